The maximum absolute atomic E-state index is 5.93. The van der Waals surface area contributed by atoms with Crippen LogP contribution in [0.25, 0.3) is 0 Å². The molecule has 0 aliphatic rings. The molecule has 3 aromatic carbocycles. The Morgan fingerprint density at radius 2 is 1.44 bits per heavy atom. The van der Waals surface area contributed by atoms with E-state index in [4.69, 9.17) is 18.9 Å². The maximum atomic E-state index is 5.93. The first-order valence-corrected chi connectivity index (χ1v) is 10.2. The van der Waals surface area contributed by atoms with Gasteiger partial charge in [-0.3, -0.25) is 4.99 Å². The van der Waals surface area contributed by atoms with E-state index in [1.165, 1.54) is 0 Å². The first-order valence-electron chi connectivity index (χ1n) is 10.2. The highest BCUT2D eigenvalue weighted by molar-refractivity contribution is 5.93. The molecule has 0 aliphatic carbocycles. The van der Waals surface area contributed by atoms with Gasteiger partial charge in [0.1, 0.15) is 6.61 Å². The normalized spacial score (nSPS) is 10.9. The van der Waals surface area contributed by atoms with E-state index in [-0.39, 0.29) is 0 Å². The lowest BCUT2D eigenvalue weighted by molar-refractivity contribution is 0.284. The van der Waals surface area contributed by atoms with Crippen LogP contribution in [-0.4, -0.2) is 34.3 Å². The highest BCUT2D eigenvalue weighted by atomic mass is 16.5. The minimum atomic E-state index is 0.483. The molecule has 0 atom stereocenters. The molecule has 0 spiro atoms. The van der Waals surface area contributed by atoms with Crippen molar-refractivity contribution in [3.8, 4) is 23.0 Å². The smallest absolute Gasteiger partial charge is 0.195 e. The summed E-state index contributed by atoms with van der Waals surface area (Å²) >= 11 is 0. The Balaban J connectivity index is 1.61. The molecule has 3 rings (SSSR count). The number of benzene rings is 3. The fourth-order valence-electron chi connectivity index (χ4n) is 3.09. The van der Waals surface area contributed by atoms with E-state index in [1.54, 1.807) is 28.4 Å². The van der Waals surface area contributed by atoms with Crippen LogP contribution in [0.1, 0.15) is 11.1 Å². The van der Waals surface area contributed by atoms with Gasteiger partial charge in [0.2, 0.25) is 0 Å². The van der Waals surface area contributed by atoms with E-state index < -0.39 is 0 Å². The van der Waals surface area contributed by atoms with Crippen LogP contribution < -0.4 is 29.6 Å². The zero-order valence-corrected chi connectivity index (χ0v) is 18.8. The van der Waals surface area contributed by atoms with Crippen molar-refractivity contribution in [1.29, 1.82) is 0 Å². The summed E-state index contributed by atoms with van der Waals surface area (Å²) < 4.78 is 22.1. The Hall–Kier alpha value is -3.87. The number of nitrogens with one attached hydrogen (secondary N) is 2. The third kappa shape index (κ3) is 6.07. The van der Waals surface area contributed by atoms with E-state index in [0.717, 1.165) is 16.8 Å². The molecule has 0 fully saturated rings. The third-order valence-electron chi connectivity index (χ3n) is 4.80. The molecule has 0 radical (unpaired) electrons. The average molecular weight is 436 g/mol. The van der Waals surface area contributed by atoms with Crippen molar-refractivity contribution in [2.75, 3.05) is 33.7 Å². The quantitative estimate of drug-likeness (QED) is 0.381. The molecule has 0 unspecified atom stereocenters. The van der Waals surface area contributed by atoms with Crippen LogP contribution in [0, 0.1) is 0 Å². The molecule has 7 nitrogen and oxygen atoms in total. The van der Waals surface area contributed by atoms with Gasteiger partial charge in [0, 0.05) is 25.3 Å². The molecule has 0 amide bonds. The molecule has 0 bridgehead atoms. The molecule has 0 saturated heterocycles. The topological polar surface area (TPSA) is 73.3 Å². The number of rotatable bonds is 9. The summed E-state index contributed by atoms with van der Waals surface area (Å²) in [5.74, 6) is 3.32. The third-order valence-corrected chi connectivity index (χ3v) is 4.80. The second kappa shape index (κ2) is 11.5. The van der Waals surface area contributed by atoms with Crippen LogP contribution >= 0.6 is 0 Å². The van der Waals surface area contributed by atoms with Gasteiger partial charge in [-0.25, -0.2) is 0 Å². The van der Waals surface area contributed by atoms with Crippen LogP contribution in [0.15, 0.2) is 71.7 Å². The highest BCUT2D eigenvalue weighted by Gasteiger charge is 2.09. The number of ether oxygens (including phenoxy) is 4. The van der Waals surface area contributed by atoms with Crippen molar-refractivity contribution >= 4 is 11.6 Å². The fraction of sp³-hybridized carbons (Fsp3) is 0.240. The summed E-state index contributed by atoms with van der Waals surface area (Å²) in [5.41, 5.74) is 2.97. The summed E-state index contributed by atoms with van der Waals surface area (Å²) in [6, 6.07) is 21.5. The van der Waals surface area contributed by atoms with Crippen molar-refractivity contribution in [3.05, 3.63) is 77.9 Å². The van der Waals surface area contributed by atoms with Gasteiger partial charge in [0.25, 0.3) is 0 Å². The van der Waals surface area contributed by atoms with Gasteiger partial charge in [0.05, 0.1) is 21.3 Å². The molecule has 32 heavy (non-hydrogen) atoms. The molecule has 0 aromatic heterocycles. The SMILES string of the molecule is CN=C(NCc1ccc(OCc2ccccc2)c(OC)c1)Nc1ccc(OC)c(OC)c1. The lowest BCUT2D eigenvalue weighted by Crippen LogP contribution is -2.30. The van der Waals surface area contributed by atoms with Crippen molar-refractivity contribution in [1.82, 2.24) is 5.32 Å². The maximum Gasteiger partial charge on any atom is 0.195 e. The Morgan fingerprint density at radius 1 is 0.750 bits per heavy atom. The summed E-state index contributed by atoms with van der Waals surface area (Å²) in [4.78, 5) is 4.29. The van der Waals surface area contributed by atoms with Gasteiger partial charge in [-0.05, 0) is 35.4 Å². The molecule has 168 valence electrons. The molecule has 2 N–H and O–H groups in total. The van der Waals surface area contributed by atoms with E-state index >= 15 is 0 Å². The Kier molecular flexibility index (Phi) is 8.20. The number of anilines is 1. The van der Waals surface area contributed by atoms with Crippen LogP contribution in [0.3, 0.4) is 0 Å². The second-order valence-electron chi connectivity index (χ2n) is 6.88. The van der Waals surface area contributed by atoms with Crippen LogP contribution in [0.5, 0.6) is 23.0 Å². The van der Waals surface area contributed by atoms with E-state index in [1.807, 2.05) is 66.7 Å². The van der Waals surface area contributed by atoms with Crippen molar-refractivity contribution in [2.24, 2.45) is 4.99 Å². The number of guanidine groups is 1. The number of aliphatic imine (C=N–C) groups is 1. The number of hydrogen-bond donors (Lipinski definition) is 2. The molecular formula is C25H29N3O4. The van der Waals surface area contributed by atoms with Crippen molar-refractivity contribution < 1.29 is 18.9 Å². The summed E-state index contributed by atoms with van der Waals surface area (Å²) in [5, 5.41) is 6.55. The Labute approximate surface area is 189 Å². The Bertz CT molecular complexity index is 1040. The van der Waals surface area contributed by atoms with Gasteiger partial charge >= 0.3 is 0 Å². The first kappa shape index (κ1) is 22.8. The summed E-state index contributed by atoms with van der Waals surface area (Å²) in [6.07, 6.45) is 0. The van der Waals surface area contributed by atoms with Gasteiger partial charge in [-0.2, -0.15) is 0 Å². The minimum absolute atomic E-state index is 0.483. The largest absolute Gasteiger partial charge is 0.493 e. The van der Waals surface area contributed by atoms with Gasteiger partial charge in [-0.1, -0.05) is 36.4 Å². The lowest BCUT2D eigenvalue weighted by atomic mass is 10.2. The van der Waals surface area contributed by atoms with Gasteiger partial charge < -0.3 is 29.6 Å². The van der Waals surface area contributed by atoms with Crippen LogP contribution in [0.2, 0.25) is 0 Å². The fourth-order valence-corrected chi connectivity index (χ4v) is 3.09. The minimum Gasteiger partial charge on any atom is -0.493 e. The molecule has 7 heteroatoms. The van der Waals surface area contributed by atoms with Crippen molar-refractivity contribution in [3.63, 3.8) is 0 Å². The number of methoxy groups -OCH3 is 3. The number of nitrogens with zero attached hydrogens (tertiary/aromatic N) is 1. The predicted molar refractivity (Wildman–Crippen MR) is 127 cm³/mol. The molecule has 0 heterocycles. The van der Waals surface area contributed by atoms with E-state index in [2.05, 4.69) is 15.6 Å². The summed E-state index contributed by atoms with van der Waals surface area (Å²) in [6.45, 7) is 1.04. The summed E-state index contributed by atoms with van der Waals surface area (Å²) in [7, 11) is 6.57. The standard InChI is InChI=1S/C25H29N3O4/c1-26-25(28-20-11-13-21(29-2)24(15-20)31-4)27-16-19-10-12-22(23(14-19)30-3)32-17-18-8-6-5-7-9-18/h5-15H,16-17H2,1-4H3,(H2,26,27,28). The highest BCUT2D eigenvalue weighted by Crippen LogP contribution is 2.30. The molecule has 0 saturated carbocycles. The molecule has 3 aromatic rings. The van der Waals surface area contributed by atoms with Gasteiger partial charge in [-0.15, -0.1) is 0 Å². The van der Waals surface area contributed by atoms with Gasteiger partial charge in [0.15, 0.2) is 29.0 Å². The second-order valence-corrected chi connectivity index (χ2v) is 6.88. The molecule has 0 aliphatic heterocycles. The Morgan fingerprint density at radius 3 is 2.12 bits per heavy atom. The number of hydrogen-bond acceptors (Lipinski definition) is 5. The zero-order valence-electron chi connectivity index (χ0n) is 18.8. The van der Waals surface area contributed by atoms with E-state index in [9.17, 15) is 0 Å². The predicted octanol–water partition coefficient (Wildman–Crippen LogP) is 4.48. The van der Waals surface area contributed by atoms with Crippen LogP contribution in [-0.2, 0) is 13.2 Å². The average Bonchev–Trinajstić information content (AvgIpc) is 2.85. The lowest BCUT2D eigenvalue weighted by Gasteiger charge is -2.15. The first-order chi connectivity index (χ1) is 15.7. The van der Waals surface area contributed by atoms with Crippen LogP contribution in [0.4, 0.5) is 5.69 Å². The van der Waals surface area contributed by atoms with E-state index in [0.29, 0.717) is 42.1 Å². The monoisotopic (exact) mass is 435 g/mol. The van der Waals surface area contributed by atoms with Crippen molar-refractivity contribution in [2.45, 2.75) is 13.2 Å². The molecular weight excluding hydrogens is 406 g/mol. The zero-order chi connectivity index (χ0) is 22.8.